The van der Waals surface area contributed by atoms with Gasteiger partial charge in [0.25, 0.3) is 0 Å². The minimum absolute atomic E-state index is 0.0475. The predicted octanol–water partition coefficient (Wildman–Crippen LogP) is 2.14. The van der Waals surface area contributed by atoms with E-state index in [-0.39, 0.29) is 17.6 Å². The van der Waals surface area contributed by atoms with Crippen LogP contribution in [-0.2, 0) is 0 Å². The third-order valence-electron chi connectivity index (χ3n) is 3.09. The van der Waals surface area contributed by atoms with Crippen molar-refractivity contribution >= 4 is 0 Å². The number of nitrogens with zero attached hydrogens (tertiary/aromatic N) is 1. The minimum atomic E-state index is -0.516. The molecule has 1 aliphatic rings. The normalized spacial score (nSPS) is 24.9. The Kier molecular flexibility index (Phi) is 2.95. The quantitative estimate of drug-likeness (QED) is 0.785. The summed E-state index contributed by atoms with van der Waals surface area (Å²) in [6.45, 7) is 0. The molecule has 1 heterocycles. The number of hydrogen-bond acceptors (Lipinski definition) is 4. The summed E-state index contributed by atoms with van der Waals surface area (Å²) in [5.74, 6) is 0.778. The molecule has 16 heavy (non-hydrogen) atoms. The van der Waals surface area contributed by atoms with Crippen molar-refractivity contribution in [2.45, 2.75) is 31.6 Å². The third kappa shape index (κ3) is 2.25. The molecule has 84 valence electrons. The maximum Gasteiger partial charge on any atom is 0.339 e. The number of aromatic hydroxyl groups is 1. The fraction of sp³-hybridized carbons (Fsp3) is 0.500. The van der Waals surface area contributed by atoms with Crippen molar-refractivity contribution in [3.8, 4) is 11.8 Å². The molecular formula is C12H13NO3. The Bertz CT molecular complexity index is 464. The summed E-state index contributed by atoms with van der Waals surface area (Å²) in [5.41, 5.74) is -0.516. The largest absolute Gasteiger partial charge is 0.508 e. The van der Waals surface area contributed by atoms with Gasteiger partial charge in [-0.3, -0.25) is 0 Å². The van der Waals surface area contributed by atoms with Crippen molar-refractivity contribution in [2.24, 2.45) is 5.92 Å². The lowest BCUT2D eigenvalue weighted by molar-refractivity contribution is 0.321. The van der Waals surface area contributed by atoms with Crippen LogP contribution in [0.1, 0.15) is 37.4 Å². The van der Waals surface area contributed by atoms with E-state index in [0.717, 1.165) is 31.7 Å². The molecule has 0 unspecified atom stereocenters. The van der Waals surface area contributed by atoms with Gasteiger partial charge in [-0.15, -0.1) is 0 Å². The molecule has 4 nitrogen and oxygen atoms in total. The van der Waals surface area contributed by atoms with Crippen LogP contribution in [0, 0.1) is 17.2 Å². The average molecular weight is 219 g/mol. The molecule has 1 aromatic rings. The second kappa shape index (κ2) is 4.40. The summed E-state index contributed by atoms with van der Waals surface area (Å²) in [6, 6.07) is 4.82. The molecule has 1 N–H and O–H groups in total. The Morgan fingerprint density at radius 3 is 2.56 bits per heavy atom. The summed E-state index contributed by atoms with van der Waals surface area (Å²) >= 11 is 0. The Labute approximate surface area is 93.1 Å². The van der Waals surface area contributed by atoms with Crippen molar-refractivity contribution < 1.29 is 9.52 Å². The molecule has 0 bridgehead atoms. The van der Waals surface area contributed by atoms with Gasteiger partial charge in [0.05, 0.1) is 12.1 Å². The number of rotatable bonds is 1. The van der Waals surface area contributed by atoms with Gasteiger partial charge >= 0.3 is 5.63 Å². The lowest BCUT2D eigenvalue weighted by atomic mass is 9.81. The molecule has 0 atom stereocenters. The molecule has 0 aromatic carbocycles. The molecule has 1 aliphatic carbocycles. The Morgan fingerprint density at radius 1 is 1.31 bits per heavy atom. The lowest BCUT2D eigenvalue weighted by Gasteiger charge is -2.23. The SMILES string of the molecule is N#CC1CCC(c2cc(O)cc(=O)o2)CC1. The van der Waals surface area contributed by atoms with Crippen LogP contribution in [0.4, 0.5) is 0 Å². The highest BCUT2D eigenvalue weighted by Crippen LogP contribution is 2.35. The topological polar surface area (TPSA) is 74.2 Å². The van der Waals surface area contributed by atoms with Gasteiger partial charge in [-0.1, -0.05) is 0 Å². The molecule has 0 amide bonds. The van der Waals surface area contributed by atoms with Crippen molar-refractivity contribution in [3.05, 3.63) is 28.3 Å². The van der Waals surface area contributed by atoms with Crippen LogP contribution in [0.25, 0.3) is 0 Å². The van der Waals surface area contributed by atoms with E-state index in [1.807, 2.05) is 0 Å². The van der Waals surface area contributed by atoms with Crippen molar-refractivity contribution in [1.29, 1.82) is 5.26 Å². The van der Waals surface area contributed by atoms with Crippen LogP contribution in [0.3, 0.4) is 0 Å². The molecule has 0 saturated heterocycles. The molecule has 0 aliphatic heterocycles. The van der Waals surface area contributed by atoms with Crippen LogP contribution in [0.5, 0.6) is 5.75 Å². The van der Waals surface area contributed by atoms with Gasteiger partial charge in [0.1, 0.15) is 11.5 Å². The summed E-state index contributed by atoms with van der Waals surface area (Å²) < 4.78 is 5.07. The zero-order valence-electron chi connectivity index (χ0n) is 8.85. The first-order valence-electron chi connectivity index (χ1n) is 5.42. The highest BCUT2D eigenvalue weighted by Gasteiger charge is 2.24. The van der Waals surface area contributed by atoms with E-state index in [4.69, 9.17) is 9.68 Å². The highest BCUT2D eigenvalue weighted by atomic mass is 16.4. The molecule has 0 radical (unpaired) electrons. The van der Waals surface area contributed by atoms with Crippen LogP contribution in [0.2, 0.25) is 0 Å². The van der Waals surface area contributed by atoms with E-state index >= 15 is 0 Å². The monoisotopic (exact) mass is 219 g/mol. The van der Waals surface area contributed by atoms with Crippen LogP contribution in [0.15, 0.2) is 21.3 Å². The maximum absolute atomic E-state index is 11.1. The van der Waals surface area contributed by atoms with Crippen LogP contribution < -0.4 is 5.63 Å². The summed E-state index contributed by atoms with van der Waals surface area (Å²) in [5, 5.41) is 18.1. The standard InChI is InChI=1S/C12H13NO3/c13-7-8-1-3-9(4-2-8)11-5-10(14)6-12(15)16-11/h5-6,8-9,14H,1-4H2. The highest BCUT2D eigenvalue weighted by molar-refractivity contribution is 5.21. The van der Waals surface area contributed by atoms with Gasteiger partial charge in [-0.2, -0.15) is 5.26 Å². The van der Waals surface area contributed by atoms with Gasteiger partial charge in [0.2, 0.25) is 0 Å². The van der Waals surface area contributed by atoms with E-state index in [0.29, 0.717) is 5.76 Å². The van der Waals surface area contributed by atoms with Gasteiger partial charge in [0, 0.05) is 17.9 Å². The van der Waals surface area contributed by atoms with Crippen molar-refractivity contribution in [2.75, 3.05) is 0 Å². The second-order valence-electron chi connectivity index (χ2n) is 4.21. The summed E-state index contributed by atoms with van der Waals surface area (Å²) in [4.78, 5) is 11.1. The predicted molar refractivity (Wildman–Crippen MR) is 57.0 cm³/mol. The average Bonchev–Trinajstić information content (AvgIpc) is 2.28. The molecule has 4 heteroatoms. The molecule has 1 fully saturated rings. The van der Waals surface area contributed by atoms with Crippen molar-refractivity contribution in [3.63, 3.8) is 0 Å². The zero-order valence-corrected chi connectivity index (χ0v) is 8.85. The number of nitriles is 1. The fourth-order valence-corrected chi connectivity index (χ4v) is 2.19. The fourth-order valence-electron chi connectivity index (χ4n) is 2.19. The summed E-state index contributed by atoms with van der Waals surface area (Å²) in [7, 11) is 0. The van der Waals surface area contributed by atoms with E-state index in [1.54, 1.807) is 0 Å². The van der Waals surface area contributed by atoms with Gasteiger partial charge < -0.3 is 9.52 Å². The molecule has 2 rings (SSSR count). The van der Waals surface area contributed by atoms with Crippen LogP contribution >= 0.6 is 0 Å². The Hall–Kier alpha value is -1.76. The van der Waals surface area contributed by atoms with Gasteiger partial charge in [-0.25, -0.2) is 4.79 Å². The Morgan fingerprint density at radius 2 is 2.00 bits per heavy atom. The first-order valence-corrected chi connectivity index (χ1v) is 5.42. The third-order valence-corrected chi connectivity index (χ3v) is 3.09. The smallest absolute Gasteiger partial charge is 0.339 e. The first-order chi connectivity index (χ1) is 7.69. The van der Waals surface area contributed by atoms with E-state index in [1.165, 1.54) is 6.07 Å². The molecular weight excluding hydrogens is 206 g/mol. The minimum Gasteiger partial charge on any atom is -0.508 e. The van der Waals surface area contributed by atoms with Crippen LogP contribution in [-0.4, -0.2) is 5.11 Å². The van der Waals surface area contributed by atoms with Gasteiger partial charge in [-0.05, 0) is 25.7 Å². The van der Waals surface area contributed by atoms with Gasteiger partial charge in [0.15, 0.2) is 0 Å². The number of hydrogen-bond donors (Lipinski definition) is 1. The zero-order chi connectivity index (χ0) is 11.5. The van der Waals surface area contributed by atoms with E-state index in [9.17, 15) is 9.90 Å². The first kappa shape index (κ1) is 10.7. The summed E-state index contributed by atoms with van der Waals surface area (Å²) in [6.07, 6.45) is 3.34. The van der Waals surface area contributed by atoms with E-state index in [2.05, 4.69) is 6.07 Å². The molecule has 1 aromatic heterocycles. The second-order valence-corrected chi connectivity index (χ2v) is 4.21. The Balaban J connectivity index is 2.14. The van der Waals surface area contributed by atoms with Crippen molar-refractivity contribution in [1.82, 2.24) is 0 Å². The van der Waals surface area contributed by atoms with E-state index < -0.39 is 5.63 Å². The maximum atomic E-state index is 11.1. The molecule has 0 spiro atoms. The molecule has 1 saturated carbocycles. The lowest BCUT2D eigenvalue weighted by Crippen LogP contribution is -2.13.